The molecular weight excluding hydrogens is 462 g/mol. The van der Waals surface area contributed by atoms with E-state index in [0.717, 1.165) is 21.8 Å². The number of H-pyrrole nitrogens is 1. The third-order valence-electron chi connectivity index (χ3n) is 5.59. The fourth-order valence-corrected chi connectivity index (χ4v) is 4.74. The van der Waals surface area contributed by atoms with Crippen LogP contribution in [-0.4, -0.2) is 36.5 Å². The molecule has 0 unspecified atom stereocenters. The van der Waals surface area contributed by atoms with Crippen LogP contribution in [0.1, 0.15) is 37.7 Å². The fraction of sp³-hybridized carbons (Fsp3) is 0.160. The van der Waals surface area contributed by atoms with Gasteiger partial charge >= 0.3 is 0 Å². The molecule has 35 heavy (non-hydrogen) atoms. The number of hydrazine groups is 1. The lowest BCUT2D eigenvalue weighted by atomic mass is 10.1. The summed E-state index contributed by atoms with van der Waals surface area (Å²) in [4.78, 5) is 37.8. The fourth-order valence-electron chi connectivity index (χ4n) is 3.90. The van der Waals surface area contributed by atoms with Crippen molar-refractivity contribution in [1.29, 1.82) is 0 Å². The zero-order chi connectivity index (χ0) is 24.5. The Hall–Kier alpha value is -4.18. The second-order valence-electron chi connectivity index (χ2n) is 8.17. The van der Waals surface area contributed by atoms with Crippen LogP contribution in [0, 0.1) is 13.8 Å². The van der Waals surface area contributed by atoms with Crippen molar-refractivity contribution in [2.24, 2.45) is 7.05 Å². The Bertz CT molecular complexity index is 1540. The molecule has 0 aliphatic heterocycles. The zero-order valence-corrected chi connectivity index (χ0v) is 20.2. The molecule has 9 nitrogen and oxygen atoms in total. The average molecular weight is 486 g/mol. The number of carbonyl (C=O) groups is 2. The predicted molar refractivity (Wildman–Crippen MR) is 135 cm³/mol. The molecule has 0 aliphatic carbocycles. The number of aromatic amines is 1. The van der Waals surface area contributed by atoms with Gasteiger partial charge in [-0.3, -0.25) is 25.1 Å². The Labute approximate surface area is 205 Å². The molecule has 0 spiro atoms. The lowest BCUT2D eigenvalue weighted by Gasteiger charge is -2.10. The smallest absolute Gasteiger partial charge is 0.270 e. The van der Waals surface area contributed by atoms with E-state index < -0.39 is 11.8 Å². The third-order valence-corrected chi connectivity index (χ3v) is 6.53. The highest BCUT2D eigenvalue weighted by Gasteiger charge is 2.18. The number of imidazole rings is 1. The number of pyridine rings is 1. The quantitative estimate of drug-likeness (QED) is 0.257. The molecule has 3 N–H and O–H groups in total. The van der Waals surface area contributed by atoms with Crippen LogP contribution < -0.4 is 10.9 Å². The van der Waals surface area contributed by atoms with E-state index >= 15 is 0 Å². The van der Waals surface area contributed by atoms with E-state index in [2.05, 4.69) is 30.9 Å². The maximum atomic E-state index is 12.8. The van der Waals surface area contributed by atoms with E-state index in [4.69, 9.17) is 0 Å². The van der Waals surface area contributed by atoms with Crippen molar-refractivity contribution < 1.29 is 9.59 Å². The van der Waals surface area contributed by atoms with Crippen molar-refractivity contribution in [1.82, 2.24) is 35.6 Å². The van der Waals surface area contributed by atoms with Crippen LogP contribution in [-0.2, 0) is 12.8 Å². The van der Waals surface area contributed by atoms with Crippen molar-refractivity contribution in [3.8, 4) is 0 Å². The number of hydrogen-bond donors (Lipinski definition) is 3. The molecule has 0 fully saturated rings. The normalized spacial score (nSPS) is 11.2. The van der Waals surface area contributed by atoms with Gasteiger partial charge in [-0.25, -0.2) is 9.97 Å². The van der Waals surface area contributed by atoms with Crippen LogP contribution in [0.4, 0.5) is 0 Å². The Balaban J connectivity index is 1.21. The minimum atomic E-state index is -0.427. The van der Waals surface area contributed by atoms with Crippen LogP contribution in [0.5, 0.6) is 0 Å². The van der Waals surface area contributed by atoms with E-state index in [1.165, 1.54) is 0 Å². The van der Waals surface area contributed by atoms with Crippen LogP contribution in [0.25, 0.3) is 22.1 Å². The second-order valence-corrected chi connectivity index (χ2v) is 9.14. The number of hydrogen-bond acceptors (Lipinski definition) is 6. The topological polar surface area (TPSA) is 118 Å². The summed E-state index contributed by atoms with van der Waals surface area (Å²) in [5, 5.41) is 5.86. The summed E-state index contributed by atoms with van der Waals surface area (Å²) in [5.41, 5.74) is 10.9. The first kappa shape index (κ1) is 22.6. The number of rotatable bonds is 5. The molecule has 0 aliphatic rings. The number of fused-ring (bicyclic) bond motifs is 2. The lowest BCUT2D eigenvalue weighted by molar-refractivity contribution is 0.0847. The molecule has 2 aromatic carbocycles. The number of carbonyl (C=O) groups excluding carboxylic acids is 2. The van der Waals surface area contributed by atoms with E-state index in [-0.39, 0.29) is 0 Å². The predicted octanol–water partition coefficient (Wildman–Crippen LogP) is 3.83. The number of amides is 2. The van der Waals surface area contributed by atoms with Gasteiger partial charge in [-0.2, -0.15) is 5.10 Å². The van der Waals surface area contributed by atoms with Crippen LogP contribution in [0.2, 0.25) is 0 Å². The highest BCUT2D eigenvalue weighted by atomic mass is 32.2. The van der Waals surface area contributed by atoms with E-state index in [1.54, 1.807) is 41.7 Å². The SMILES string of the molecule is Cc1cc(C(=O)NNC(=O)c2ccc(CSc3nc4ccccc4[nH]3)cc2)c2c(C)nn(C)c2n1. The first-order valence-electron chi connectivity index (χ1n) is 11.0. The van der Waals surface area contributed by atoms with Crippen molar-refractivity contribution in [3.63, 3.8) is 0 Å². The Morgan fingerprint density at radius 3 is 2.51 bits per heavy atom. The molecule has 176 valence electrons. The van der Waals surface area contributed by atoms with Crippen molar-refractivity contribution in [2.75, 3.05) is 0 Å². The Morgan fingerprint density at radius 2 is 1.74 bits per heavy atom. The molecule has 5 aromatic rings. The number of aryl methyl sites for hydroxylation is 3. The molecule has 0 bridgehead atoms. The standard InChI is InChI=1S/C25H23N7O2S/c1-14-12-18(21-15(2)31-32(3)22(21)26-14)24(34)30-29-23(33)17-10-8-16(9-11-17)13-35-25-27-19-6-4-5-7-20(19)28-25/h4-12H,13H2,1-3H3,(H,27,28)(H,29,33)(H,30,34). The van der Waals surface area contributed by atoms with Crippen molar-refractivity contribution in [3.05, 3.63) is 82.7 Å². The van der Waals surface area contributed by atoms with E-state index in [1.807, 2.05) is 50.2 Å². The average Bonchev–Trinajstić information content (AvgIpc) is 3.40. The molecule has 10 heteroatoms. The van der Waals surface area contributed by atoms with Gasteiger partial charge in [-0.05, 0) is 49.7 Å². The molecular formula is C25H23N7O2S. The minimum Gasteiger partial charge on any atom is -0.333 e. The van der Waals surface area contributed by atoms with Gasteiger partial charge in [0, 0.05) is 24.1 Å². The van der Waals surface area contributed by atoms with Gasteiger partial charge in [0.1, 0.15) is 0 Å². The van der Waals surface area contributed by atoms with Crippen LogP contribution in [0.15, 0.2) is 59.8 Å². The number of thioether (sulfide) groups is 1. The highest BCUT2D eigenvalue weighted by Crippen LogP contribution is 2.23. The summed E-state index contributed by atoms with van der Waals surface area (Å²) in [5.74, 6) is -0.121. The van der Waals surface area contributed by atoms with E-state index in [9.17, 15) is 9.59 Å². The van der Waals surface area contributed by atoms with E-state index in [0.29, 0.717) is 39.3 Å². The number of aromatic nitrogens is 5. The molecule has 5 rings (SSSR count). The van der Waals surface area contributed by atoms with Gasteiger partial charge in [0.05, 0.1) is 27.7 Å². The molecule has 0 atom stereocenters. The summed E-state index contributed by atoms with van der Waals surface area (Å²) in [7, 11) is 1.78. The highest BCUT2D eigenvalue weighted by molar-refractivity contribution is 7.98. The number of para-hydroxylation sites is 2. The van der Waals surface area contributed by atoms with Gasteiger partial charge < -0.3 is 4.98 Å². The Morgan fingerprint density at radius 1 is 1.00 bits per heavy atom. The maximum absolute atomic E-state index is 12.8. The number of nitrogens with one attached hydrogen (secondary N) is 3. The summed E-state index contributed by atoms with van der Waals surface area (Å²) >= 11 is 1.59. The first-order valence-corrected chi connectivity index (χ1v) is 12.0. The monoisotopic (exact) mass is 485 g/mol. The second kappa shape index (κ2) is 9.22. The van der Waals surface area contributed by atoms with Gasteiger partial charge in [0.15, 0.2) is 10.8 Å². The van der Waals surface area contributed by atoms with Crippen molar-refractivity contribution >= 4 is 45.6 Å². The molecule has 0 saturated carbocycles. The first-order chi connectivity index (χ1) is 16.9. The van der Waals surface area contributed by atoms with Crippen molar-refractivity contribution in [2.45, 2.75) is 24.8 Å². The molecule has 0 saturated heterocycles. The van der Waals surface area contributed by atoms with Gasteiger partial charge in [-0.15, -0.1) is 0 Å². The maximum Gasteiger partial charge on any atom is 0.270 e. The number of nitrogens with zero attached hydrogens (tertiary/aromatic N) is 4. The Kier molecular flexibility index (Phi) is 5.96. The van der Waals surface area contributed by atoms with Crippen LogP contribution in [0.3, 0.4) is 0 Å². The lowest BCUT2D eigenvalue weighted by Crippen LogP contribution is -2.41. The molecule has 3 aromatic heterocycles. The van der Waals surface area contributed by atoms with Crippen LogP contribution >= 0.6 is 11.8 Å². The molecule has 3 heterocycles. The minimum absolute atomic E-state index is 0.403. The summed E-state index contributed by atoms with van der Waals surface area (Å²) in [6.45, 7) is 3.63. The van der Waals surface area contributed by atoms with Gasteiger partial charge in [-0.1, -0.05) is 36.0 Å². The third kappa shape index (κ3) is 4.60. The summed E-state index contributed by atoms with van der Waals surface area (Å²) in [6.07, 6.45) is 0. The summed E-state index contributed by atoms with van der Waals surface area (Å²) in [6, 6.07) is 16.8. The zero-order valence-electron chi connectivity index (χ0n) is 19.4. The molecule has 0 radical (unpaired) electrons. The van der Waals surface area contributed by atoms with Gasteiger partial charge in [0.2, 0.25) is 0 Å². The largest absolute Gasteiger partial charge is 0.333 e. The number of benzene rings is 2. The molecule has 2 amide bonds. The van der Waals surface area contributed by atoms with Gasteiger partial charge in [0.25, 0.3) is 11.8 Å². The summed E-state index contributed by atoms with van der Waals surface area (Å²) < 4.78 is 1.64.